The van der Waals surface area contributed by atoms with Gasteiger partial charge in [0.1, 0.15) is 0 Å². The van der Waals surface area contributed by atoms with Gasteiger partial charge in [0, 0.05) is 40.1 Å². The first kappa shape index (κ1) is 16.5. The number of thiophene rings is 1. The van der Waals surface area contributed by atoms with Crippen molar-refractivity contribution in [3.8, 4) is 0 Å². The largest absolute Gasteiger partial charge is 0.351 e. The van der Waals surface area contributed by atoms with Crippen LogP contribution < -0.4 is 5.32 Å². The number of hydrogen-bond acceptors (Lipinski definition) is 5. The monoisotopic (exact) mass is 336 g/mol. The van der Waals surface area contributed by atoms with Gasteiger partial charge in [-0.15, -0.1) is 11.3 Å². The van der Waals surface area contributed by atoms with E-state index in [4.69, 9.17) is 0 Å². The van der Waals surface area contributed by atoms with Crippen LogP contribution in [0.25, 0.3) is 0 Å². The highest BCUT2D eigenvalue weighted by Gasteiger charge is 2.14. The number of nitrogens with zero attached hydrogens (tertiary/aromatic N) is 1. The van der Waals surface area contributed by atoms with Crippen LogP contribution in [0, 0.1) is 17.0 Å². The lowest BCUT2D eigenvalue weighted by atomic mass is 10.1. The third kappa shape index (κ3) is 4.57. The van der Waals surface area contributed by atoms with Crippen LogP contribution in [-0.2, 0) is 5.75 Å². The zero-order valence-electron chi connectivity index (χ0n) is 12.1. The summed E-state index contributed by atoms with van der Waals surface area (Å²) in [5.74, 6) is 1.46. The Hall–Kier alpha value is -1.86. The summed E-state index contributed by atoms with van der Waals surface area (Å²) in [6.07, 6.45) is 0. The summed E-state index contributed by atoms with van der Waals surface area (Å²) >= 11 is 3.46. The fourth-order valence-corrected chi connectivity index (χ4v) is 3.55. The Bertz CT molecular complexity index is 657. The minimum atomic E-state index is -0.469. The van der Waals surface area contributed by atoms with Gasteiger partial charge >= 0.3 is 0 Å². The lowest BCUT2D eigenvalue weighted by Gasteiger charge is -2.06. The fourth-order valence-electron chi connectivity index (χ4n) is 1.85. The number of nitro groups is 1. The number of benzene rings is 1. The molecule has 0 aliphatic rings. The Labute approximate surface area is 136 Å². The van der Waals surface area contributed by atoms with Gasteiger partial charge in [-0.25, -0.2) is 0 Å². The lowest BCUT2D eigenvalue weighted by molar-refractivity contribution is -0.385. The molecule has 0 saturated carbocycles. The quantitative estimate of drug-likeness (QED) is 0.476. The molecule has 0 saturated heterocycles. The zero-order valence-corrected chi connectivity index (χ0v) is 13.7. The van der Waals surface area contributed by atoms with Gasteiger partial charge in [0.2, 0.25) is 0 Å². The van der Waals surface area contributed by atoms with E-state index in [2.05, 4.69) is 11.4 Å². The average molecular weight is 336 g/mol. The number of carbonyl (C=O) groups excluding carboxylic acids is 1. The summed E-state index contributed by atoms with van der Waals surface area (Å²) in [7, 11) is 0. The molecule has 1 amide bonds. The summed E-state index contributed by atoms with van der Waals surface area (Å²) in [4.78, 5) is 23.7. The van der Waals surface area contributed by atoms with E-state index in [1.54, 1.807) is 42.2 Å². The maximum Gasteiger partial charge on any atom is 0.273 e. The van der Waals surface area contributed by atoms with Crippen LogP contribution in [0.5, 0.6) is 0 Å². The highest BCUT2D eigenvalue weighted by molar-refractivity contribution is 7.98. The Morgan fingerprint density at radius 1 is 1.41 bits per heavy atom. The summed E-state index contributed by atoms with van der Waals surface area (Å²) < 4.78 is 0. The van der Waals surface area contributed by atoms with E-state index in [-0.39, 0.29) is 11.6 Å². The number of amides is 1. The van der Waals surface area contributed by atoms with Crippen molar-refractivity contribution in [2.24, 2.45) is 0 Å². The average Bonchev–Trinajstić information content (AvgIpc) is 3.00. The highest BCUT2D eigenvalue weighted by atomic mass is 32.2. The molecule has 0 aliphatic heterocycles. The van der Waals surface area contributed by atoms with Gasteiger partial charge in [0.25, 0.3) is 11.6 Å². The van der Waals surface area contributed by atoms with Crippen LogP contribution in [0.2, 0.25) is 0 Å². The molecule has 7 heteroatoms. The van der Waals surface area contributed by atoms with E-state index in [0.29, 0.717) is 17.7 Å². The standard InChI is InChI=1S/C15H16N2O3S2/c1-11-4-5-12(9-14(11)17(19)20)15(18)16-6-8-21-10-13-3-2-7-22-13/h2-5,7,9H,6,8,10H2,1H3,(H,16,18). The molecule has 0 aliphatic carbocycles. The number of nitro benzene ring substituents is 1. The fraction of sp³-hybridized carbons (Fsp3) is 0.267. The SMILES string of the molecule is Cc1ccc(C(=O)NCCSCc2cccs2)cc1[N+](=O)[O-]. The summed E-state index contributed by atoms with van der Waals surface area (Å²) in [5, 5.41) is 15.7. The molecular weight excluding hydrogens is 320 g/mol. The van der Waals surface area contributed by atoms with E-state index in [9.17, 15) is 14.9 Å². The first-order valence-corrected chi connectivity index (χ1v) is 8.74. The number of nitrogens with one attached hydrogen (secondary N) is 1. The maximum absolute atomic E-state index is 12.0. The van der Waals surface area contributed by atoms with Crippen molar-refractivity contribution in [2.75, 3.05) is 12.3 Å². The second kappa shape index (κ2) is 7.95. The molecule has 1 aromatic heterocycles. The molecule has 1 heterocycles. The topological polar surface area (TPSA) is 72.2 Å². The number of thioether (sulfide) groups is 1. The van der Waals surface area contributed by atoms with Crippen molar-refractivity contribution < 1.29 is 9.72 Å². The van der Waals surface area contributed by atoms with Crippen molar-refractivity contribution in [1.29, 1.82) is 0 Å². The minimum absolute atomic E-state index is 0.0280. The molecule has 0 spiro atoms. The van der Waals surface area contributed by atoms with E-state index in [0.717, 1.165) is 11.5 Å². The second-order valence-corrected chi connectivity index (χ2v) is 6.78. The van der Waals surface area contributed by atoms with Gasteiger partial charge < -0.3 is 5.32 Å². The van der Waals surface area contributed by atoms with Gasteiger partial charge in [0.05, 0.1) is 4.92 Å². The van der Waals surface area contributed by atoms with Gasteiger partial charge in [-0.2, -0.15) is 11.8 Å². The Morgan fingerprint density at radius 3 is 2.91 bits per heavy atom. The van der Waals surface area contributed by atoms with Crippen molar-refractivity contribution in [3.63, 3.8) is 0 Å². The molecule has 22 heavy (non-hydrogen) atoms. The van der Waals surface area contributed by atoms with E-state index < -0.39 is 4.92 Å². The van der Waals surface area contributed by atoms with Crippen molar-refractivity contribution in [3.05, 3.63) is 61.8 Å². The van der Waals surface area contributed by atoms with Crippen LogP contribution in [0.3, 0.4) is 0 Å². The number of hydrogen-bond donors (Lipinski definition) is 1. The first-order valence-electron chi connectivity index (χ1n) is 6.71. The Morgan fingerprint density at radius 2 is 2.23 bits per heavy atom. The van der Waals surface area contributed by atoms with Crippen LogP contribution >= 0.6 is 23.1 Å². The molecule has 1 N–H and O–H groups in total. The van der Waals surface area contributed by atoms with Gasteiger partial charge in [-0.3, -0.25) is 14.9 Å². The third-order valence-electron chi connectivity index (χ3n) is 3.02. The normalized spacial score (nSPS) is 10.4. The molecule has 5 nitrogen and oxygen atoms in total. The van der Waals surface area contributed by atoms with Crippen LogP contribution in [0.15, 0.2) is 35.7 Å². The van der Waals surface area contributed by atoms with E-state index in [1.165, 1.54) is 10.9 Å². The third-order valence-corrected chi connectivity index (χ3v) is 5.09. The van der Waals surface area contributed by atoms with Gasteiger partial charge in [-0.05, 0) is 24.4 Å². The molecule has 2 aromatic rings. The minimum Gasteiger partial charge on any atom is -0.351 e. The summed E-state index contributed by atoms with van der Waals surface area (Å²) in [6, 6.07) is 8.63. The molecule has 0 radical (unpaired) electrons. The molecule has 0 fully saturated rings. The molecule has 1 aromatic carbocycles. The molecule has 116 valence electrons. The predicted octanol–water partition coefficient (Wildman–Crippen LogP) is 3.63. The summed E-state index contributed by atoms with van der Waals surface area (Å²) in [5.41, 5.74) is 0.841. The number of carbonyl (C=O) groups is 1. The molecular formula is C15H16N2O3S2. The van der Waals surface area contributed by atoms with Crippen molar-refractivity contribution in [1.82, 2.24) is 5.32 Å². The van der Waals surface area contributed by atoms with Crippen LogP contribution in [-0.4, -0.2) is 23.1 Å². The molecule has 0 unspecified atom stereocenters. The van der Waals surface area contributed by atoms with Gasteiger partial charge in [0.15, 0.2) is 0 Å². The molecule has 0 atom stereocenters. The molecule has 0 bridgehead atoms. The molecule has 2 rings (SSSR count). The van der Waals surface area contributed by atoms with E-state index >= 15 is 0 Å². The smallest absolute Gasteiger partial charge is 0.273 e. The highest BCUT2D eigenvalue weighted by Crippen LogP contribution is 2.19. The lowest BCUT2D eigenvalue weighted by Crippen LogP contribution is -2.25. The Kier molecular flexibility index (Phi) is 5.97. The Balaban J connectivity index is 1.79. The maximum atomic E-state index is 12.0. The van der Waals surface area contributed by atoms with Gasteiger partial charge in [-0.1, -0.05) is 12.1 Å². The van der Waals surface area contributed by atoms with E-state index in [1.807, 2.05) is 11.4 Å². The zero-order chi connectivity index (χ0) is 15.9. The summed E-state index contributed by atoms with van der Waals surface area (Å²) in [6.45, 7) is 2.19. The first-order chi connectivity index (χ1) is 10.6. The number of rotatable bonds is 7. The van der Waals surface area contributed by atoms with Crippen molar-refractivity contribution in [2.45, 2.75) is 12.7 Å². The predicted molar refractivity (Wildman–Crippen MR) is 90.6 cm³/mol. The number of aryl methyl sites for hydroxylation is 1. The van der Waals surface area contributed by atoms with Crippen LogP contribution in [0.4, 0.5) is 5.69 Å². The van der Waals surface area contributed by atoms with Crippen LogP contribution in [0.1, 0.15) is 20.8 Å². The van der Waals surface area contributed by atoms with Crippen molar-refractivity contribution >= 4 is 34.7 Å². The second-order valence-electron chi connectivity index (χ2n) is 4.65.